The fourth-order valence-electron chi connectivity index (χ4n) is 1.46. The van der Waals surface area contributed by atoms with Crippen LogP contribution in [0.3, 0.4) is 0 Å². The molecule has 0 aliphatic heterocycles. The van der Waals surface area contributed by atoms with Crippen LogP contribution in [0.4, 0.5) is 8.78 Å². The summed E-state index contributed by atoms with van der Waals surface area (Å²) < 4.78 is 32.9. The van der Waals surface area contributed by atoms with Crippen molar-refractivity contribution in [2.75, 3.05) is 0 Å². The lowest BCUT2D eigenvalue weighted by Crippen LogP contribution is -2.04. The first kappa shape index (κ1) is 14.4. The van der Waals surface area contributed by atoms with E-state index >= 15 is 0 Å². The largest absolute Gasteiger partial charge is 0.481 e. The van der Waals surface area contributed by atoms with Crippen LogP contribution in [0.25, 0.3) is 0 Å². The summed E-state index contributed by atoms with van der Waals surface area (Å²) in [6.45, 7) is -0.131. The molecule has 2 aromatic rings. The van der Waals surface area contributed by atoms with Crippen molar-refractivity contribution in [2.45, 2.75) is 6.61 Å². The van der Waals surface area contributed by atoms with E-state index < -0.39 is 28.9 Å². The minimum absolute atomic E-state index is 0.131. The SMILES string of the molecule is O=C(O)c1cc(F)c(OCc2ccc(Br)cn2)c(F)c1. The fourth-order valence-corrected chi connectivity index (χ4v) is 1.69. The lowest BCUT2D eigenvalue weighted by molar-refractivity contribution is 0.0695. The van der Waals surface area contributed by atoms with Crippen molar-refractivity contribution in [2.24, 2.45) is 0 Å². The van der Waals surface area contributed by atoms with Crippen molar-refractivity contribution in [3.8, 4) is 5.75 Å². The van der Waals surface area contributed by atoms with E-state index in [1.54, 1.807) is 12.1 Å². The third-order valence-corrected chi connectivity index (χ3v) is 2.87. The zero-order chi connectivity index (χ0) is 14.7. The Balaban J connectivity index is 2.17. The van der Waals surface area contributed by atoms with E-state index in [0.717, 1.165) is 4.47 Å². The highest BCUT2D eigenvalue weighted by Gasteiger charge is 2.16. The van der Waals surface area contributed by atoms with Crippen LogP contribution in [0.5, 0.6) is 5.75 Å². The first-order valence-electron chi connectivity index (χ1n) is 5.43. The smallest absolute Gasteiger partial charge is 0.335 e. The van der Waals surface area contributed by atoms with Crippen molar-refractivity contribution in [3.63, 3.8) is 0 Å². The monoisotopic (exact) mass is 343 g/mol. The van der Waals surface area contributed by atoms with E-state index in [2.05, 4.69) is 20.9 Å². The van der Waals surface area contributed by atoms with Crippen LogP contribution in [0, 0.1) is 11.6 Å². The van der Waals surface area contributed by atoms with Gasteiger partial charge in [-0.1, -0.05) is 0 Å². The zero-order valence-electron chi connectivity index (χ0n) is 9.94. The van der Waals surface area contributed by atoms with Crippen molar-refractivity contribution >= 4 is 21.9 Å². The van der Waals surface area contributed by atoms with Crippen LogP contribution in [-0.4, -0.2) is 16.1 Å². The number of ether oxygens (including phenoxy) is 1. The van der Waals surface area contributed by atoms with Crippen LogP contribution in [-0.2, 0) is 6.61 Å². The molecule has 1 aromatic carbocycles. The topological polar surface area (TPSA) is 59.4 Å². The summed E-state index contributed by atoms with van der Waals surface area (Å²) in [6.07, 6.45) is 1.53. The van der Waals surface area contributed by atoms with Gasteiger partial charge in [-0.3, -0.25) is 4.98 Å². The van der Waals surface area contributed by atoms with E-state index in [4.69, 9.17) is 9.84 Å². The number of halogens is 3. The number of pyridine rings is 1. The Morgan fingerprint density at radius 1 is 1.30 bits per heavy atom. The van der Waals surface area contributed by atoms with Crippen LogP contribution in [0.1, 0.15) is 16.1 Å². The Morgan fingerprint density at radius 2 is 1.95 bits per heavy atom. The Labute approximate surface area is 121 Å². The maximum absolute atomic E-state index is 13.6. The molecular formula is C13H8BrF2NO3. The molecule has 1 aromatic heterocycles. The van der Waals surface area contributed by atoms with Crippen molar-refractivity contribution in [3.05, 3.63) is 57.8 Å². The number of rotatable bonds is 4. The van der Waals surface area contributed by atoms with Gasteiger partial charge in [-0.25, -0.2) is 13.6 Å². The predicted octanol–water partition coefficient (Wildman–Crippen LogP) is 3.40. The minimum Gasteiger partial charge on any atom is -0.481 e. The highest BCUT2D eigenvalue weighted by atomic mass is 79.9. The molecule has 0 unspecified atom stereocenters. The second-order valence-corrected chi connectivity index (χ2v) is 4.75. The van der Waals surface area contributed by atoms with E-state index in [1.165, 1.54) is 6.20 Å². The number of nitrogens with zero attached hydrogens (tertiary/aromatic N) is 1. The Kier molecular flexibility index (Phi) is 4.29. The summed E-state index contributed by atoms with van der Waals surface area (Å²) in [7, 11) is 0. The highest BCUT2D eigenvalue weighted by molar-refractivity contribution is 9.10. The average molecular weight is 344 g/mol. The van der Waals surface area contributed by atoms with Gasteiger partial charge in [0.15, 0.2) is 17.4 Å². The third kappa shape index (κ3) is 3.30. The number of aromatic carboxylic acids is 1. The number of benzene rings is 1. The number of carboxylic acids is 1. The molecule has 2 rings (SSSR count). The van der Waals surface area contributed by atoms with Crippen LogP contribution in [0.15, 0.2) is 34.9 Å². The lowest BCUT2D eigenvalue weighted by atomic mass is 10.2. The second kappa shape index (κ2) is 5.96. The van der Waals surface area contributed by atoms with Crippen LogP contribution >= 0.6 is 15.9 Å². The van der Waals surface area contributed by atoms with Crippen molar-refractivity contribution in [1.29, 1.82) is 0 Å². The standard InChI is InChI=1S/C13H8BrF2NO3/c14-8-1-2-9(17-5-8)6-20-12-10(15)3-7(13(18)19)4-11(12)16/h1-5H,6H2,(H,18,19). The summed E-state index contributed by atoms with van der Waals surface area (Å²) in [5, 5.41) is 8.67. The molecule has 7 heteroatoms. The van der Waals surface area contributed by atoms with Crippen molar-refractivity contribution < 1.29 is 23.4 Å². The van der Waals surface area contributed by atoms with E-state index in [1.807, 2.05) is 0 Å². The molecule has 1 N–H and O–H groups in total. The van der Waals surface area contributed by atoms with Gasteiger partial charge in [0.25, 0.3) is 0 Å². The molecule has 104 valence electrons. The van der Waals surface area contributed by atoms with Crippen molar-refractivity contribution in [1.82, 2.24) is 4.98 Å². The van der Waals surface area contributed by atoms with Gasteiger partial charge in [0.2, 0.25) is 0 Å². The molecule has 0 saturated heterocycles. The molecule has 0 aliphatic carbocycles. The van der Waals surface area contributed by atoms with E-state index in [0.29, 0.717) is 17.8 Å². The van der Waals surface area contributed by atoms with Gasteiger partial charge in [-0.15, -0.1) is 0 Å². The second-order valence-electron chi connectivity index (χ2n) is 3.83. The summed E-state index contributed by atoms with van der Waals surface area (Å²) in [6, 6.07) is 4.75. The van der Waals surface area contributed by atoms with Gasteiger partial charge in [0, 0.05) is 10.7 Å². The van der Waals surface area contributed by atoms with Crippen LogP contribution in [0.2, 0.25) is 0 Å². The molecule has 0 amide bonds. The first-order valence-corrected chi connectivity index (χ1v) is 6.22. The van der Waals surface area contributed by atoms with Gasteiger partial charge in [-0.05, 0) is 40.2 Å². The van der Waals surface area contributed by atoms with Gasteiger partial charge < -0.3 is 9.84 Å². The lowest BCUT2D eigenvalue weighted by Gasteiger charge is -2.08. The Hall–Kier alpha value is -2.02. The summed E-state index contributed by atoms with van der Waals surface area (Å²) in [5.74, 6) is -4.18. The van der Waals surface area contributed by atoms with E-state index in [9.17, 15) is 13.6 Å². The number of carbonyl (C=O) groups is 1. The molecule has 0 atom stereocenters. The minimum atomic E-state index is -1.41. The molecule has 20 heavy (non-hydrogen) atoms. The van der Waals surface area contributed by atoms with Gasteiger partial charge >= 0.3 is 5.97 Å². The molecule has 0 aliphatic rings. The normalized spacial score (nSPS) is 10.3. The van der Waals surface area contributed by atoms with Crippen LogP contribution < -0.4 is 4.74 Å². The average Bonchev–Trinajstić information content (AvgIpc) is 2.39. The Bertz CT molecular complexity index is 624. The van der Waals surface area contributed by atoms with Gasteiger partial charge in [0.1, 0.15) is 6.61 Å². The first-order chi connectivity index (χ1) is 9.47. The number of aromatic nitrogens is 1. The summed E-state index contributed by atoms with van der Waals surface area (Å²) >= 11 is 3.21. The number of carboxylic acid groups (broad SMARTS) is 1. The maximum Gasteiger partial charge on any atom is 0.335 e. The van der Waals surface area contributed by atoms with Gasteiger partial charge in [-0.2, -0.15) is 0 Å². The third-order valence-electron chi connectivity index (χ3n) is 2.40. The van der Waals surface area contributed by atoms with E-state index in [-0.39, 0.29) is 6.61 Å². The number of hydrogen-bond donors (Lipinski definition) is 1. The summed E-state index contributed by atoms with van der Waals surface area (Å²) in [5.41, 5.74) is 0.00317. The molecular weight excluding hydrogens is 336 g/mol. The molecule has 0 spiro atoms. The Morgan fingerprint density at radius 3 is 2.45 bits per heavy atom. The number of hydrogen-bond acceptors (Lipinski definition) is 3. The molecule has 0 saturated carbocycles. The highest BCUT2D eigenvalue weighted by Crippen LogP contribution is 2.24. The quantitative estimate of drug-likeness (QED) is 0.924. The predicted molar refractivity (Wildman–Crippen MR) is 69.6 cm³/mol. The molecule has 0 fully saturated rings. The van der Waals surface area contributed by atoms with Gasteiger partial charge in [0.05, 0.1) is 11.3 Å². The molecule has 0 bridgehead atoms. The fraction of sp³-hybridized carbons (Fsp3) is 0.0769. The summed E-state index contributed by atoms with van der Waals surface area (Å²) in [4.78, 5) is 14.6. The maximum atomic E-state index is 13.6. The molecule has 1 heterocycles. The molecule has 0 radical (unpaired) electrons. The zero-order valence-corrected chi connectivity index (χ0v) is 11.5. The molecule has 4 nitrogen and oxygen atoms in total.